The highest BCUT2D eigenvalue weighted by Crippen LogP contribution is 2.18. The van der Waals surface area contributed by atoms with E-state index in [4.69, 9.17) is 13.9 Å². The number of fused-ring (bicyclic) bond motifs is 1. The number of benzene rings is 1. The standard InChI is InChI=1S/C14H11NO4/c16-14(17)9-3-5-11-12(8-9)19-13(15-11)6-4-10-2-1-7-18-10/h1-3,5,7-8H,4,6H2,(H,16,17). The van der Waals surface area contributed by atoms with Crippen LogP contribution in [0.25, 0.3) is 11.1 Å². The second-order valence-electron chi connectivity index (χ2n) is 4.17. The Balaban J connectivity index is 1.83. The van der Waals surface area contributed by atoms with E-state index in [9.17, 15) is 4.79 Å². The predicted molar refractivity (Wildman–Crippen MR) is 67.1 cm³/mol. The van der Waals surface area contributed by atoms with Gasteiger partial charge in [0.15, 0.2) is 11.5 Å². The van der Waals surface area contributed by atoms with Crippen LogP contribution >= 0.6 is 0 Å². The van der Waals surface area contributed by atoms with Crippen molar-refractivity contribution in [3.8, 4) is 0 Å². The highest BCUT2D eigenvalue weighted by molar-refractivity contribution is 5.91. The van der Waals surface area contributed by atoms with Crippen molar-refractivity contribution in [2.24, 2.45) is 0 Å². The maximum atomic E-state index is 10.9. The van der Waals surface area contributed by atoms with Crippen molar-refractivity contribution >= 4 is 17.1 Å². The summed E-state index contributed by atoms with van der Waals surface area (Å²) in [7, 11) is 0. The molecule has 2 aromatic heterocycles. The van der Waals surface area contributed by atoms with Gasteiger partial charge in [0.2, 0.25) is 0 Å². The van der Waals surface area contributed by atoms with Crippen LogP contribution in [-0.4, -0.2) is 16.1 Å². The van der Waals surface area contributed by atoms with Crippen LogP contribution in [0.3, 0.4) is 0 Å². The van der Waals surface area contributed by atoms with E-state index in [-0.39, 0.29) is 5.56 Å². The van der Waals surface area contributed by atoms with Crippen LogP contribution in [0.5, 0.6) is 0 Å². The third kappa shape index (κ3) is 2.35. The highest BCUT2D eigenvalue weighted by Gasteiger charge is 2.10. The number of aryl methyl sites for hydroxylation is 2. The van der Waals surface area contributed by atoms with Gasteiger partial charge in [-0.25, -0.2) is 9.78 Å². The molecule has 0 aliphatic heterocycles. The lowest BCUT2D eigenvalue weighted by atomic mass is 10.2. The first-order chi connectivity index (χ1) is 9.22. The topological polar surface area (TPSA) is 76.5 Å². The van der Waals surface area contributed by atoms with E-state index in [0.29, 0.717) is 29.8 Å². The number of oxazole rings is 1. The summed E-state index contributed by atoms with van der Waals surface area (Å²) in [5.74, 6) is 0.470. The molecule has 1 N–H and O–H groups in total. The minimum absolute atomic E-state index is 0.196. The van der Waals surface area contributed by atoms with Crippen LogP contribution in [0, 0.1) is 0 Å². The maximum Gasteiger partial charge on any atom is 0.335 e. The number of carboxylic acid groups (broad SMARTS) is 1. The molecular formula is C14H11NO4. The summed E-state index contributed by atoms with van der Waals surface area (Å²) < 4.78 is 10.8. The highest BCUT2D eigenvalue weighted by atomic mass is 16.4. The quantitative estimate of drug-likeness (QED) is 0.777. The predicted octanol–water partition coefficient (Wildman–Crippen LogP) is 2.90. The molecule has 0 aliphatic rings. The van der Waals surface area contributed by atoms with Crippen molar-refractivity contribution in [2.45, 2.75) is 12.8 Å². The molecule has 0 unspecified atom stereocenters. The van der Waals surface area contributed by atoms with Crippen molar-refractivity contribution in [1.82, 2.24) is 4.98 Å². The van der Waals surface area contributed by atoms with Crippen molar-refractivity contribution < 1.29 is 18.7 Å². The molecule has 5 heteroatoms. The second-order valence-corrected chi connectivity index (χ2v) is 4.17. The third-order valence-electron chi connectivity index (χ3n) is 2.85. The molecule has 0 aliphatic carbocycles. The minimum atomic E-state index is -0.976. The normalized spacial score (nSPS) is 10.9. The van der Waals surface area contributed by atoms with Crippen LogP contribution in [0.2, 0.25) is 0 Å². The molecule has 0 saturated carbocycles. The molecular weight excluding hydrogens is 246 g/mol. The lowest BCUT2D eigenvalue weighted by Gasteiger charge is -1.92. The summed E-state index contributed by atoms with van der Waals surface area (Å²) in [6, 6.07) is 8.38. The number of nitrogens with zero attached hydrogens (tertiary/aromatic N) is 1. The molecule has 1 aromatic carbocycles. The van der Waals surface area contributed by atoms with Gasteiger partial charge in [0.25, 0.3) is 0 Å². The van der Waals surface area contributed by atoms with Crippen molar-refractivity contribution in [2.75, 3.05) is 0 Å². The van der Waals surface area contributed by atoms with Gasteiger partial charge in [-0.2, -0.15) is 0 Å². The van der Waals surface area contributed by atoms with Gasteiger partial charge in [0.1, 0.15) is 11.3 Å². The molecule has 3 rings (SSSR count). The molecule has 0 amide bonds. The second kappa shape index (κ2) is 4.61. The Morgan fingerprint density at radius 3 is 2.89 bits per heavy atom. The Hall–Kier alpha value is -2.56. The molecule has 0 bridgehead atoms. The van der Waals surface area contributed by atoms with Gasteiger partial charge >= 0.3 is 5.97 Å². The van der Waals surface area contributed by atoms with Crippen molar-refractivity contribution in [1.29, 1.82) is 0 Å². The number of aromatic nitrogens is 1. The lowest BCUT2D eigenvalue weighted by Crippen LogP contribution is -1.94. The van der Waals surface area contributed by atoms with Gasteiger partial charge < -0.3 is 13.9 Å². The van der Waals surface area contributed by atoms with E-state index in [0.717, 1.165) is 5.76 Å². The number of aromatic carboxylic acids is 1. The van der Waals surface area contributed by atoms with Gasteiger partial charge in [0, 0.05) is 12.8 Å². The van der Waals surface area contributed by atoms with E-state index >= 15 is 0 Å². The number of carboxylic acids is 1. The third-order valence-corrected chi connectivity index (χ3v) is 2.85. The van der Waals surface area contributed by atoms with E-state index in [1.54, 1.807) is 12.3 Å². The van der Waals surface area contributed by atoms with Gasteiger partial charge in [0.05, 0.1) is 11.8 Å². The summed E-state index contributed by atoms with van der Waals surface area (Å²) in [6.07, 6.45) is 2.94. The Bertz CT molecular complexity index is 712. The molecule has 3 aromatic rings. The zero-order valence-corrected chi connectivity index (χ0v) is 10.00. The van der Waals surface area contributed by atoms with Crippen molar-refractivity contribution in [3.63, 3.8) is 0 Å². The van der Waals surface area contributed by atoms with E-state index in [1.165, 1.54) is 12.1 Å². The van der Waals surface area contributed by atoms with Crippen LogP contribution in [0.4, 0.5) is 0 Å². The molecule has 2 heterocycles. The van der Waals surface area contributed by atoms with Crippen LogP contribution in [0.1, 0.15) is 22.0 Å². The summed E-state index contributed by atoms with van der Waals surface area (Å²) in [4.78, 5) is 15.2. The zero-order valence-electron chi connectivity index (χ0n) is 10.00. The summed E-state index contributed by atoms with van der Waals surface area (Å²) in [5.41, 5.74) is 1.36. The van der Waals surface area contributed by atoms with E-state index in [2.05, 4.69) is 4.98 Å². The molecule has 0 atom stereocenters. The fraction of sp³-hybridized carbons (Fsp3) is 0.143. The molecule has 0 radical (unpaired) electrons. The Kier molecular flexibility index (Phi) is 2.79. The van der Waals surface area contributed by atoms with Crippen LogP contribution < -0.4 is 0 Å². The smallest absolute Gasteiger partial charge is 0.335 e. The number of rotatable bonds is 4. The molecule has 0 saturated heterocycles. The zero-order chi connectivity index (χ0) is 13.2. The van der Waals surface area contributed by atoms with Crippen LogP contribution in [-0.2, 0) is 12.8 Å². The summed E-state index contributed by atoms with van der Waals surface area (Å²) in [5, 5.41) is 8.90. The van der Waals surface area contributed by atoms with E-state index in [1.807, 2.05) is 12.1 Å². The number of furan rings is 1. The Morgan fingerprint density at radius 1 is 1.26 bits per heavy atom. The molecule has 0 fully saturated rings. The fourth-order valence-corrected chi connectivity index (χ4v) is 1.90. The first-order valence-electron chi connectivity index (χ1n) is 5.87. The maximum absolute atomic E-state index is 10.9. The molecule has 5 nitrogen and oxygen atoms in total. The van der Waals surface area contributed by atoms with Gasteiger partial charge in [-0.3, -0.25) is 0 Å². The average Bonchev–Trinajstić information content (AvgIpc) is 3.04. The monoisotopic (exact) mass is 257 g/mol. The lowest BCUT2D eigenvalue weighted by molar-refractivity contribution is 0.0697. The first kappa shape index (κ1) is 11.5. The Labute approximate surface area is 108 Å². The summed E-state index contributed by atoms with van der Waals surface area (Å²) in [6.45, 7) is 0. The number of hydrogen-bond acceptors (Lipinski definition) is 4. The SMILES string of the molecule is O=C(O)c1ccc2nc(CCc3ccco3)oc2c1. The van der Waals surface area contributed by atoms with Gasteiger partial charge in [-0.05, 0) is 30.3 Å². The average molecular weight is 257 g/mol. The van der Waals surface area contributed by atoms with Gasteiger partial charge in [-0.15, -0.1) is 0 Å². The fourth-order valence-electron chi connectivity index (χ4n) is 1.90. The van der Waals surface area contributed by atoms with Crippen LogP contribution in [0.15, 0.2) is 45.4 Å². The molecule has 0 spiro atoms. The van der Waals surface area contributed by atoms with Crippen molar-refractivity contribution in [3.05, 3.63) is 53.8 Å². The Morgan fingerprint density at radius 2 is 2.16 bits per heavy atom. The van der Waals surface area contributed by atoms with Gasteiger partial charge in [-0.1, -0.05) is 0 Å². The molecule has 96 valence electrons. The largest absolute Gasteiger partial charge is 0.478 e. The molecule has 19 heavy (non-hydrogen) atoms. The van der Waals surface area contributed by atoms with E-state index < -0.39 is 5.97 Å². The number of hydrogen-bond donors (Lipinski definition) is 1. The summed E-state index contributed by atoms with van der Waals surface area (Å²) >= 11 is 0. The number of carbonyl (C=O) groups is 1. The minimum Gasteiger partial charge on any atom is -0.478 e. The first-order valence-corrected chi connectivity index (χ1v) is 5.87.